The fourth-order valence-electron chi connectivity index (χ4n) is 3.30. The van der Waals surface area contributed by atoms with Gasteiger partial charge >= 0.3 is 0 Å². The number of hydrogen-bond donors (Lipinski definition) is 1. The first-order chi connectivity index (χ1) is 9.58. The van der Waals surface area contributed by atoms with Crippen LogP contribution in [0.3, 0.4) is 0 Å². The summed E-state index contributed by atoms with van der Waals surface area (Å²) in [6.07, 6.45) is 8.10. The molecule has 0 atom stereocenters. The molecule has 0 aliphatic heterocycles. The summed E-state index contributed by atoms with van der Waals surface area (Å²) < 4.78 is 1.85. The van der Waals surface area contributed by atoms with Crippen molar-refractivity contribution in [3.8, 4) is 0 Å². The maximum absolute atomic E-state index is 12.4. The molecule has 1 aromatic heterocycles. The normalized spacial score (nSPS) is 18.1. The van der Waals surface area contributed by atoms with Crippen LogP contribution in [-0.4, -0.2) is 28.2 Å². The van der Waals surface area contributed by atoms with Crippen LogP contribution in [0.1, 0.15) is 56.8 Å². The predicted octanol–water partition coefficient (Wildman–Crippen LogP) is 2.41. The van der Waals surface area contributed by atoms with E-state index in [1.807, 2.05) is 18.8 Å². The largest absolute Gasteiger partial charge is 0.314 e. The second-order valence-corrected chi connectivity index (χ2v) is 6.09. The van der Waals surface area contributed by atoms with Crippen molar-refractivity contribution in [2.24, 2.45) is 7.05 Å². The lowest BCUT2D eigenvalue weighted by Crippen LogP contribution is -2.46. The molecule has 1 aliphatic rings. The second kappa shape index (κ2) is 6.53. The molecular weight excluding hydrogens is 250 g/mol. The fraction of sp³-hybridized carbons (Fsp3) is 0.750. The summed E-state index contributed by atoms with van der Waals surface area (Å²) in [6, 6.07) is 2.06. The molecule has 0 radical (unpaired) electrons. The summed E-state index contributed by atoms with van der Waals surface area (Å²) >= 11 is 0. The number of carbonyl (C=O) groups is 1. The minimum absolute atomic E-state index is 0.0432. The summed E-state index contributed by atoms with van der Waals surface area (Å²) in [4.78, 5) is 12.4. The summed E-state index contributed by atoms with van der Waals surface area (Å²) in [5, 5.41) is 7.84. The van der Waals surface area contributed by atoms with Gasteiger partial charge in [-0.2, -0.15) is 5.10 Å². The Kier molecular flexibility index (Phi) is 4.97. The molecule has 0 spiro atoms. The van der Waals surface area contributed by atoms with Crippen LogP contribution in [0.5, 0.6) is 0 Å². The Morgan fingerprint density at radius 3 is 2.65 bits per heavy atom. The third-order valence-electron chi connectivity index (χ3n) is 4.64. The van der Waals surface area contributed by atoms with Crippen LogP contribution in [0, 0.1) is 0 Å². The lowest BCUT2D eigenvalue weighted by molar-refractivity contribution is -0.120. The summed E-state index contributed by atoms with van der Waals surface area (Å²) in [5.41, 5.74) is 2.15. The predicted molar refractivity (Wildman–Crippen MR) is 80.8 cm³/mol. The van der Waals surface area contributed by atoms with Gasteiger partial charge in [-0.3, -0.25) is 9.48 Å². The minimum atomic E-state index is 0.0432. The van der Waals surface area contributed by atoms with E-state index in [4.69, 9.17) is 0 Å². The highest BCUT2D eigenvalue weighted by Crippen LogP contribution is 2.31. The van der Waals surface area contributed by atoms with Gasteiger partial charge in [0.2, 0.25) is 0 Å². The average molecular weight is 277 g/mol. The number of nitrogens with zero attached hydrogens (tertiary/aromatic N) is 2. The van der Waals surface area contributed by atoms with E-state index in [9.17, 15) is 4.79 Å². The Labute approximate surface area is 121 Å². The molecule has 1 aliphatic carbocycles. The molecule has 0 aromatic carbocycles. The molecule has 0 amide bonds. The van der Waals surface area contributed by atoms with E-state index in [-0.39, 0.29) is 5.54 Å². The number of aryl methyl sites for hydroxylation is 2. The first-order valence-corrected chi connectivity index (χ1v) is 7.81. The van der Waals surface area contributed by atoms with E-state index >= 15 is 0 Å². The van der Waals surface area contributed by atoms with Gasteiger partial charge in [-0.15, -0.1) is 0 Å². The number of ketones is 1. The van der Waals surface area contributed by atoms with E-state index in [1.54, 1.807) is 0 Å². The van der Waals surface area contributed by atoms with Crippen LogP contribution in [0.4, 0.5) is 0 Å². The highest BCUT2D eigenvalue weighted by molar-refractivity contribution is 5.81. The van der Waals surface area contributed by atoms with E-state index in [0.717, 1.165) is 30.7 Å². The molecule has 20 heavy (non-hydrogen) atoms. The second-order valence-electron chi connectivity index (χ2n) is 6.09. The highest BCUT2D eigenvalue weighted by atomic mass is 16.1. The molecule has 0 bridgehead atoms. The van der Waals surface area contributed by atoms with Gasteiger partial charge in [0, 0.05) is 31.1 Å². The topological polar surface area (TPSA) is 46.9 Å². The van der Waals surface area contributed by atoms with Crippen molar-refractivity contribution in [3.63, 3.8) is 0 Å². The molecular formula is C16H27N3O. The molecule has 4 heteroatoms. The number of carbonyl (C=O) groups excluding carboxylic acids is 1. The van der Waals surface area contributed by atoms with Crippen molar-refractivity contribution in [3.05, 3.63) is 17.5 Å². The standard InChI is InChI=1S/C16H27N3O/c1-4-13-10-14(19(3)18-13)11-15(20)12-16(17-2)8-6-5-7-9-16/h10,17H,4-9,11-12H2,1-3H3. The summed E-state index contributed by atoms with van der Waals surface area (Å²) in [6.45, 7) is 2.09. The van der Waals surface area contributed by atoms with E-state index < -0.39 is 0 Å². The van der Waals surface area contributed by atoms with Gasteiger partial charge in [-0.1, -0.05) is 26.2 Å². The molecule has 1 fully saturated rings. The van der Waals surface area contributed by atoms with Crippen molar-refractivity contribution in [1.29, 1.82) is 0 Å². The molecule has 4 nitrogen and oxygen atoms in total. The maximum Gasteiger partial charge on any atom is 0.140 e. The first kappa shape index (κ1) is 15.2. The molecule has 112 valence electrons. The number of hydrogen-bond acceptors (Lipinski definition) is 3. The van der Waals surface area contributed by atoms with Gasteiger partial charge in [0.15, 0.2) is 0 Å². The number of rotatable bonds is 6. The fourth-order valence-corrected chi connectivity index (χ4v) is 3.30. The quantitative estimate of drug-likeness (QED) is 0.868. The Balaban J connectivity index is 1.98. The lowest BCUT2D eigenvalue weighted by Gasteiger charge is -2.36. The third kappa shape index (κ3) is 3.48. The Bertz CT molecular complexity index is 458. The number of Topliss-reactive ketones (excluding diaryl/α,β-unsaturated/α-hetero) is 1. The van der Waals surface area contributed by atoms with E-state index in [0.29, 0.717) is 18.6 Å². The lowest BCUT2D eigenvalue weighted by atomic mass is 9.78. The van der Waals surface area contributed by atoms with Crippen LogP contribution < -0.4 is 5.32 Å². The molecule has 2 rings (SSSR count). The van der Waals surface area contributed by atoms with Gasteiger partial charge in [0.25, 0.3) is 0 Å². The van der Waals surface area contributed by atoms with Gasteiger partial charge in [-0.05, 0) is 32.4 Å². The Hall–Kier alpha value is -1.16. The highest BCUT2D eigenvalue weighted by Gasteiger charge is 2.32. The summed E-state index contributed by atoms with van der Waals surface area (Å²) in [5.74, 6) is 0.326. The molecule has 1 saturated carbocycles. The summed E-state index contributed by atoms with van der Waals surface area (Å²) in [7, 11) is 3.92. The van der Waals surface area contributed by atoms with Crippen LogP contribution >= 0.6 is 0 Å². The third-order valence-corrected chi connectivity index (χ3v) is 4.64. The van der Waals surface area contributed by atoms with Crippen molar-refractivity contribution in [2.75, 3.05) is 7.05 Å². The van der Waals surface area contributed by atoms with E-state index in [2.05, 4.69) is 23.4 Å². The van der Waals surface area contributed by atoms with E-state index in [1.165, 1.54) is 19.3 Å². The Morgan fingerprint density at radius 1 is 1.40 bits per heavy atom. The molecule has 1 heterocycles. The van der Waals surface area contributed by atoms with Crippen molar-refractivity contribution in [1.82, 2.24) is 15.1 Å². The Morgan fingerprint density at radius 2 is 2.10 bits per heavy atom. The molecule has 1 N–H and O–H groups in total. The van der Waals surface area contributed by atoms with Crippen LogP contribution in [0.25, 0.3) is 0 Å². The van der Waals surface area contributed by atoms with Crippen LogP contribution in [-0.2, 0) is 24.7 Å². The molecule has 1 aromatic rings. The SMILES string of the molecule is CCc1cc(CC(=O)CC2(NC)CCCCC2)n(C)n1. The van der Waals surface area contributed by atoms with Gasteiger partial charge in [0.1, 0.15) is 5.78 Å². The van der Waals surface area contributed by atoms with Crippen molar-refractivity contribution in [2.45, 2.75) is 63.8 Å². The van der Waals surface area contributed by atoms with Crippen LogP contribution in [0.2, 0.25) is 0 Å². The number of aromatic nitrogens is 2. The molecule has 0 unspecified atom stereocenters. The zero-order valence-corrected chi connectivity index (χ0v) is 13.0. The molecule has 0 saturated heterocycles. The average Bonchev–Trinajstić information content (AvgIpc) is 2.80. The van der Waals surface area contributed by atoms with Gasteiger partial charge in [0.05, 0.1) is 5.69 Å². The first-order valence-electron chi connectivity index (χ1n) is 7.81. The zero-order valence-electron chi connectivity index (χ0n) is 13.0. The van der Waals surface area contributed by atoms with Crippen molar-refractivity contribution >= 4 is 5.78 Å². The zero-order chi connectivity index (χ0) is 14.6. The number of nitrogens with one attached hydrogen (secondary N) is 1. The maximum atomic E-state index is 12.4. The smallest absolute Gasteiger partial charge is 0.140 e. The minimum Gasteiger partial charge on any atom is -0.314 e. The van der Waals surface area contributed by atoms with Crippen molar-refractivity contribution < 1.29 is 4.79 Å². The van der Waals surface area contributed by atoms with Crippen LogP contribution in [0.15, 0.2) is 6.07 Å². The van der Waals surface area contributed by atoms with Gasteiger partial charge < -0.3 is 5.32 Å². The monoisotopic (exact) mass is 277 g/mol. The van der Waals surface area contributed by atoms with Gasteiger partial charge in [-0.25, -0.2) is 0 Å².